The second kappa shape index (κ2) is 12.5. The number of amides is 1. The van der Waals surface area contributed by atoms with E-state index >= 15 is 0 Å². The van der Waals surface area contributed by atoms with Crippen LogP contribution < -0.4 is 20.4 Å². The Labute approximate surface area is 250 Å². The number of ether oxygens (including phenoxy) is 2. The van der Waals surface area contributed by atoms with Crippen molar-refractivity contribution in [2.24, 2.45) is 0 Å². The number of nitrogens with one attached hydrogen (secondary N) is 2. The van der Waals surface area contributed by atoms with Gasteiger partial charge in [-0.15, -0.1) is 4.28 Å². The first-order chi connectivity index (χ1) is 20.5. The normalized spacial score (nSPS) is 18.6. The number of benzene rings is 2. The molecule has 15 nitrogen and oxygen atoms in total. The predicted octanol–water partition coefficient (Wildman–Crippen LogP) is 2.63. The van der Waals surface area contributed by atoms with Gasteiger partial charge in [0.1, 0.15) is 36.0 Å². The third-order valence-corrected chi connectivity index (χ3v) is 8.41. The molecule has 2 aliphatic rings. The van der Waals surface area contributed by atoms with E-state index in [2.05, 4.69) is 24.2 Å². The lowest BCUT2D eigenvalue weighted by Gasteiger charge is -2.27. The maximum atomic E-state index is 13.9. The van der Waals surface area contributed by atoms with Crippen LogP contribution in [0.15, 0.2) is 48.0 Å². The maximum Gasteiger partial charge on any atom is 0.465 e. The van der Waals surface area contributed by atoms with Crippen molar-refractivity contribution < 1.29 is 47.6 Å². The maximum absolute atomic E-state index is 13.9. The van der Waals surface area contributed by atoms with Crippen LogP contribution >= 0.6 is 11.6 Å². The van der Waals surface area contributed by atoms with Crippen molar-refractivity contribution in [3.05, 3.63) is 58.8 Å². The number of hydrogen-bond donors (Lipinski definition) is 2. The highest BCUT2D eigenvalue weighted by Gasteiger charge is 2.41. The Morgan fingerprint density at radius 3 is 2.58 bits per heavy atom. The first-order valence-corrected chi connectivity index (χ1v) is 15.5. The number of aromatic nitrogens is 2. The number of methoxy groups -OCH3 is 1. The Kier molecular flexibility index (Phi) is 8.97. The van der Waals surface area contributed by atoms with Gasteiger partial charge in [0.05, 0.1) is 17.1 Å². The highest BCUT2D eigenvalue weighted by molar-refractivity contribution is 7.95. The lowest BCUT2D eigenvalue weighted by Crippen LogP contribution is -2.41. The summed E-state index contributed by atoms with van der Waals surface area (Å²) in [7, 11) is -9.24. The fourth-order valence-corrected chi connectivity index (χ4v) is 6.12. The van der Waals surface area contributed by atoms with Crippen molar-refractivity contribution in [2.45, 2.75) is 12.8 Å². The number of carbonyl (C=O) groups excluding carboxylic acids is 1. The van der Waals surface area contributed by atoms with E-state index in [1.807, 2.05) is 0 Å². The van der Waals surface area contributed by atoms with Crippen molar-refractivity contribution >= 4 is 66.4 Å². The number of rotatable bonds is 7. The minimum absolute atomic E-state index is 0.0466. The second-order valence-corrected chi connectivity index (χ2v) is 11.9. The quantitative estimate of drug-likeness (QED) is 0.279. The Bertz CT molecular complexity index is 1820. The molecule has 43 heavy (non-hydrogen) atoms. The first kappa shape index (κ1) is 30.8. The summed E-state index contributed by atoms with van der Waals surface area (Å²) in [5.41, 5.74) is 0.603. The summed E-state index contributed by atoms with van der Waals surface area (Å²) in [6.07, 6.45) is 1.66. The molecule has 2 aromatic carbocycles. The molecule has 0 bridgehead atoms. The zero-order valence-electron chi connectivity index (χ0n) is 22.2. The number of piperidine rings is 1. The van der Waals surface area contributed by atoms with Gasteiger partial charge in [-0.25, -0.2) is 14.4 Å². The van der Waals surface area contributed by atoms with Gasteiger partial charge in [-0.1, -0.05) is 15.2 Å². The lowest BCUT2D eigenvalue weighted by molar-refractivity contribution is -0.121. The second-order valence-electron chi connectivity index (χ2n) is 8.98. The van der Waals surface area contributed by atoms with Crippen LogP contribution in [0.3, 0.4) is 0 Å². The highest BCUT2D eigenvalue weighted by Crippen LogP contribution is 2.39. The average Bonchev–Trinajstić information content (AvgIpc) is 2.96. The molecule has 0 unspecified atom stereocenters. The topological polar surface area (TPSA) is 185 Å². The van der Waals surface area contributed by atoms with Gasteiger partial charge in [0.25, 0.3) is 0 Å². The summed E-state index contributed by atoms with van der Waals surface area (Å²) in [6, 6.07) is 6.52. The summed E-state index contributed by atoms with van der Waals surface area (Å²) in [5.74, 6) is -2.55. The molecule has 1 amide bonds. The van der Waals surface area contributed by atoms with Crippen molar-refractivity contribution in [1.82, 2.24) is 15.3 Å². The van der Waals surface area contributed by atoms with E-state index in [1.54, 1.807) is 0 Å². The fraction of sp³-hybridized carbons (Fsp3) is 0.292. The molecule has 0 saturated carbocycles. The standard InChI is InChI=1S/C24H23ClFN5O10S2/c1-37-8-9-38-21-12-19-16(23(29-13-28-19)30-15-2-3-18(26)17(25)10-15)11-20(21)31-24(32)22(14-4-6-27-7-5-14)39-42(33,34)41-43(35,36)40-31/h2-3,10-13,27H,4-9H2,1H3,(H,28,29,30). The molecule has 3 heterocycles. The number of carbonyl (C=O) groups is 1. The van der Waals surface area contributed by atoms with Crippen molar-refractivity contribution in [1.29, 1.82) is 0 Å². The fourth-order valence-electron chi connectivity index (χ4n) is 4.19. The van der Waals surface area contributed by atoms with E-state index in [0.717, 1.165) is 6.07 Å². The molecule has 230 valence electrons. The minimum atomic E-state index is -5.42. The zero-order chi connectivity index (χ0) is 30.8. The van der Waals surface area contributed by atoms with E-state index in [-0.39, 0.29) is 64.8 Å². The largest absolute Gasteiger partial charge is 0.489 e. The van der Waals surface area contributed by atoms with Crippen LogP contribution in [0.5, 0.6) is 5.75 Å². The summed E-state index contributed by atoms with van der Waals surface area (Å²) < 4.78 is 88.3. The number of anilines is 3. The SMILES string of the molecule is COCCOc1cc2ncnc(Nc3ccc(F)c(Cl)c3)c2cc1N1OS(=O)(=O)OS(=O)(=O)OC(=C2CCNCC2)C1=O. The van der Waals surface area contributed by atoms with Gasteiger partial charge in [-0.05, 0) is 55.8 Å². The van der Waals surface area contributed by atoms with Crippen LogP contribution in [-0.2, 0) is 42.4 Å². The Morgan fingerprint density at radius 1 is 1.09 bits per heavy atom. The number of nitrogens with zero attached hydrogens (tertiary/aromatic N) is 3. The first-order valence-electron chi connectivity index (χ1n) is 12.5. The van der Waals surface area contributed by atoms with Crippen molar-refractivity contribution in [2.75, 3.05) is 43.8 Å². The smallest absolute Gasteiger partial charge is 0.465 e. The van der Waals surface area contributed by atoms with Gasteiger partial charge in [-0.3, -0.25) is 4.79 Å². The molecule has 2 saturated heterocycles. The summed E-state index contributed by atoms with van der Waals surface area (Å²) >= 11 is 5.91. The molecule has 0 spiro atoms. The van der Waals surface area contributed by atoms with Crippen LogP contribution in [0.4, 0.5) is 21.6 Å². The Morgan fingerprint density at radius 2 is 1.86 bits per heavy atom. The van der Waals surface area contributed by atoms with Crippen molar-refractivity contribution in [3.8, 4) is 5.75 Å². The molecule has 5 rings (SSSR count). The molecule has 0 aliphatic carbocycles. The highest BCUT2D eigenvalue weighted by atomic mass is 35.5. The van der Waals surface area contributed by atoms with Gasteiger partial charge < -0.3 is 24.3 Å². The molecule has 2 aliphatic heterocycles. The summed E-state index contributed by atoms with van der Waals surface area (Å²) in [5, 5.41) is 6.38. The monoisotopic (exact) mass is 659 g/mol. The molecular weight excluding hydrogens is 637 g/mol. The number of halogens is 2. The molecule has 2 N–H and O–H groups in total. The number of hydroxylamine groups is 1. The van der Waals surface area contributed by atoms with E-state index < -0.39 is 38.3 Å². The third-order valence-electron chi connectivity index (χ3n) is 6.09. The molecule has 19 heteroatoms. The van der Waals surface area contributed by atoms with E-state index in [9.17, 15) is 26.0 Å². The van der Waals surface area contributed by atoms with Crippen LogP contribution in [0.2, 0.25) is 5.02 Å². The third kappa shape index (κ3) is 7.12. The van der Waals surface area contributed by atoms with E-state index in [0.29, 0.717) is 23.8 Å². The Hall–Kier alpha value is -3.65. The zero-order valence-corrected chi connectivity index (χ0v) is 24.6. The molecule has 2 fully saturated rings. The van der Waals surface area contributed by atoms with Crippen LogP contribution in [0.25, 0.3) is 10.9 Å². The molecule has 0 atom stereocenters. The molecule has 0 radical (unpaired) electrons. The summed E-state index contributed by atoms with van der Waals surface area (Å²) in [6.45, 7) is 0.863. The van der Waals surface area contributed by atoms with Crippen molar-refractivity contribution in [3.63, 3.8) is 0 Å². The van der Waals surface area contributed by atoms with E-state index in [4.69, 9.17) is 29.5 Å². The molecule has 3 aromatic rings. The van der Waals surface area contributed by atoms with Gasteiger partial charge in [-0.2, -0.15) is 21.9 Å². The van der Waals surface area contributed by atoms with Crippen LogP contribution in [0.1, 0.15) is 12.8 Å². The molecule has 1 aromatic heterocycles. The number of fused-ring (bicyclic) bond motifs is 1. The summed E-state index contributed by atoms with van der Waals surface area (Å²) in [4.78, 5) is 22.3. The minimum Gasteiger partial charge on any atom is -0.489 e. The van der Waals surface area contributed by atoms with Gasteiger partial charge >= 0.3 is 26.7 Å². The van der Waals surface area contributed by atoms with Gasteiger partial charge in [0.15, 0.2) is 0 Å². The average molecular weight is 660 g/mol. The van der Waals surface area contributed by atoms with Gasteiger partial charge in [0.2, 0.25) is 5.76 Å². The Balaban J connectivity index is 1.68. The van der Waals surface area contributed by atoms with Gasteiger partial charge in [0, 0.05) is 24.2 Å². The number of hydrogen-bond acceptors (Lipinski definition) is 14. The van der Waals surface area contributed by atoms with E-state index in [1.165, 1.54) is 37.7 Å². The predicted molar refractivity (Wildman–Crippen MR) is 149 cm³/mol. The lowest BCUT2D eigenvalue weighted by atomic mass is 10.0. The van der Waals surface area contributed by atoms with Crippen LogP contribution in [-0.4, -0.2) is 66.1 Å². The molecular formula is C24H23ClFN5O10S2. The van der Waals surface area contributed by atoms with Crippen LogP contribution in [0, 0.1) is 5.82 Å².